The minimum Gasteiger partial charge on any atom is -0.494 e. The maximum absolute atomic E-state index is 12.9. The van der Waals surface area contributed by atoms with E-state index < -0.39 is 0 Å². The summed E-state index contributed by atoms with van der Waals surface area (Å²) in [4.78, 5) is 31.9. The number of Topliss-reactive ketones (excluding diaryl/α,β-unsaturated/α-hetero) is 1. The zero-order chi connectivity index (χ0) is 21.7. The second kappa shape index (κ2) is 9.80. The van der Waals surface area contributed by atoms with Gasteiger partial charge < -0.3 is 14.3 Å². The van der Waals surface area contributed by atoms with Gasteiger partial charge in [-0.15, -0.1) is 0 Å². The van der Waals surface area contributed by atoms with Gasteiger partial charge in [0, 0.05) is 34.4 Å². The average Bonchev–Trinajstić information content (AvgIpc) is 3.01. The number of thioether (sulfide) groups is 1. The van der Waals surface area contributed by atoms with Gasteiger partial charge in [0.2, 0.25) is 0 Å². The molecular formula is C23H27N3O3S. The van der Waals surface area contributed by atoms with Gasteiger partial charge in [-0.05, 0) is 57.5 Å². The SMILES string of the molecule is CCCc1cc(=O)[nH]c(SCC(=O)c2cc(C)n(-c3ccc(OCC)cc3)c2C)n1. The van der Waals surface area contributed by atoms with Crippen LogP contribution < -0.4 is 10.3 Å². The van der Waals surface area contributed by atoms with Crippen LogP contribution in [-0.4, -0.2) is 32.7 Å². The number of ether oxygens (including phenoxy) is 1. The molecule has 7 heteroatoms. The van der Waals surface area contributed by atoms with E-state index in [-0.39, 0.29) is 17.1 Å². The molecule has 0 aliphatic rings. The number of carbonyl (C=O) groups excluding carboxylic acids is 1. The number of rotatable bonds is 9. The molecule has 0 saturated carbocycles. The second-order valence-electron chi connectivity index (χ2n) is 7.05. The van der Waals surface area contributed by atoms with E-state index in [1.165, 1.54) is 17.8 Å². The molecular weight excluding hydrogens is 398 g/mol. The summed E-state index contributed by atoms with van der Waals surface area (Å²) in [5.41, 5.74) is 4.12. The van der Waals surface area contributed by atoms with E-state index in [0.29, 0.717) is 17.3 Å². The molecule has 0 fully saturated rings. The highest BCUT2D eigenvalue weighted by Crippen LogP contribution is 2.24. The molecule has 1 N–H and O–H groups in total. The molecule has 6 nitrogen and oxygen atoms in total. The number of aromatic amines is 1. The summed E-state index contributed by atoms with van der Waals surface area (Å²) in [7, 11) is 0. The maximum Gasteiger partial charge on any atom is 0.251 e. The third-order valence-electron chi connectivity index (χ3n) is 4.76. The van der Waals surface area contributed by atoms with Crippen molar-refractivity contribution in [2.75, 3.05) is 12.4 Å². The maximum atomic E-state index is 12.9. The lowest BCUT2D eigenvalue weighted by molar-refractivity contribution is 0.102. The van der Waals surface area contributed by atoms with E-state index in [2.05, 4.69) is 14.5 Å². The standard InChI is InChI=1S/C23H27N3O3S/c1-5-7-17-13-22(28)25-23(24-17)30-14-21(27)20-12-15(3)26(16(20)4)18-8-10-19(11-9-18)29-6-2/h8-13H,5-7,14H2,1-4H3,(H,24,25,28). The first-order valence-corrected chi connectivity index (χ1v) is 11.1. The summed E-state index contributed by atoms with van der Waals surface area (Å²) in [6.45, 7) is 8.55. The quantitative estimate of drug-likeness (QED) is 0.310. The topological polar surface area (TPSA) is 77.0 Å². The van der Waals surface area contributed by atoms with Crippen molar-refractivity contribution < 1.29 is 9.53 Å². The van der Waals surface area contributed by atoms with E-state index in [1.54, 1.807) is 0 Å². The van der Waals surface area contributed by atoms with Crippen LogP contribution >= 0.6 is 11.8 Å². The molecule has 0 amide bonds. The molecule has 158 valence electrons. The molecule has 2 aromatic heterocycles. The van der Waals surface area contributed by atoms with Crippen LogP contribution in [0.25, 0.3) is 5.69 Å². The lowest BCUT2D eigenvalue weighted by Crippen LogP contribution is -2.11. The highest BCUT2D eigenvalue weighted by atomic mass is 32.2. The monoisotopic (exact) mass is 425 g/mol. The van der Waals surface area contributed by atoms with Gasteiger partial charge in [-0.3, -0.25) is 9.59 Å². The largest absolute Gasteiger partial charge is 0.494 e. The summed E-state index contributed by atoms with van der Waals surface area (Å²) in [5, 5.41) is 0.486. The number of nitrogens with one attached hydrogen (secondary N) is 1. The van der Waals surface area contributed by atoms with Crippen molar-refractivity contribution in [2.45, 2.75) is 45.7 Å². The molecule has 0 radical (unpaired) electrons. The van der Waals surface area contributed by atoms with E-state index in [0.717, 1.165) is 41.4 Å². The molecule has 3 rings (SSSR count). The van der Waals surface area contributed by atoms with Crippen LogP contribution in [0.1, 0.15) is 47.7 Å². The van der Waals surface area contributed by atoms with Crippen LogP contribution in [0.5, 0.6) is 5.75 Å². The van der Waals surface area contributed by atoms with Crippen molar-refractivity contribution in [3.8, 4) is 11.4 Å². The predicted molar refractivity (Wildman–Crippen MR) is 120 cm³/mol. The van der Waals surface area contributed by atoms with Crippen LogP contribution in [-0.2, 0) is 6.42 Å². The Kier molecular flexibility index (Phi) is 7.15. The van der Waals surface area contributed by atoms with Crippen molar-refractivity contribution in [1.29, 1.82) is 0 Å². The Morgan fingerprint density at radius 2 is 1.90 bits per heavy atom. The zero-order valence-corrected chi connectivity index (χ0v) is 18.6. The number of benzene rings is 1. The molecule has 2 heterocycles. The van der Waals surface area contributed by atoms with Gasteiger partial charge >= 0.3 is 0 Å². The van der Waals surface area contributed by atoms with Gasteiger partial charge in [-0.25, -0.2) is 4.98 Å². The van der Waals surface area contributed by atoms with Crippen LogP contribution in [0.3, 0.4) is 0 Å². The number of ketones is 1. The van der Waals surface area contributed by atoms with E-state index in [1.807, 2.05) is 58.0 Å². The number of aromatic nitrogens is 3. The normalized spacial score (nSPS) is 10.9. The molecule has 0 atom stereocenters. The van der Waals surface area contributed by atoms with Gasteiger partial charge in [0.1, 0.15) is 5.75 Å². The highest BCUT2D eigenvalue weighted by molar-refractivity contribution is 7.99. The van der Waals surface area contributed by atoms with Crippen molar-refractivity contribution in [1.82, 2.24) is 14.5 Å². The van der Waals surface area contributed by atoms with E-state index in [9.17, 15) is 9.59 Å². The van der Waals surface area contributed by atoms with Gasteiger partial charge in [0.15, 0.2) is 10.9 Å². The minimum atomic E-state index is -0.183. The van der Waals surface area contributed by atoms with Crippen molar-refractivity contribution in [3.63, 3.8) is 0 Å². The molecule has 0 bridgehead atoms. The van der Waals surface area contributed by atoms with Crippen LogP contribution in [0.4, 0.5) is 0 Å². The molecule has 0 aliphatic heterocycles. The molecule has 1 aromatic carbocycles. The lowest BCUT2D eigenvalue weighted by atomic mass is 10.2. The Labute approximate surface area is 180 Å². The molecule has 0 aliphatic carbocycles. The smallest absolute Gasteiger partial charge is 0.251 e. The zero-order valence-electron chi connectivity index (χ0n) is 17.8. The Morgan fingerprint density at radius 1 is 1.17 bits per heavy atom. The minimum absolute atomic E-state index is 0.00818. The van der Waals surface area contributed by atoms with Gasteiger partial charge in [-0.1, -0.05) is 25.1 Å². The summed E-state index contributed by atoms with van der Waals surface area (Å²) < 4.78 is 7.57. The second-order valence-corrected chi connectivity index (χ2v) is 8.01. The van der Waals surface area contributed by atoms with Gasteiger partial charge in [0.05, 0.1) is 12.4 Å². The number of carbonyl (C=O) groups is 1. The first-order chi connectivity index (χ1) is 14.4. The summed E-state index contributed by atoms with van der Waals surface area (Å²) >= 11 is 1.26. The van der Waals surface area contributed by atoms with Crippen LogP contribution in [0.15, 0.2) is 46.3 Å². The van der Waals surface area contributed by atoms with E-state index >= 15 is 0 Å². The Bertz CT molecular complexity index is 1080. The molecule has 30 heavy (non-hydrogen) atoms. The lowest BCUT2D eigenvalue weighted by Gasteiger charge is -2.11. The average molecular weight is 426 g/mol. The number of H-pyrrole nitrogens is 1. The molecule has 3 aromatic rings. The van der Waals surface area contributed by atoms with Gasteiger partial charge in [0.25, 0.3) is 5.56 Å². The Hall–Kier alpha value is -2.80. The number of aryl methyl sites for hydroxylation is 2. The molecule has 0 spiro atoms. The van der Waals surface area contributed by atoms with Crippen molar-refractivity contribution in [3.05, 3.63) is 69.4 Å². The van der Waals surface area contributed by atoms with Gasteiger partial charge in [-0.2, -0.15) is 0 Å². The van der Waals surface area contributed by atoms with Crippen molar-refractivity contribution >= 4 is 17.5 Å². The summed E-state index contributed by atoms with van der Waals surface area (Å²) in [6, 6.07) is 11.3. The fourth-order valence-corrected chi connectivity index (χ4v) is 4.23. The predicted octanol–water partition coefficient (Wildman–Crippen LogP) is 4.50. The number of hydrogen-bond acceptors (Lipinski definition) is 5. The summed E-state index contributed by atoms with van der Waals surface area (Å²) in [5.74, 6) is 1.04. The van der Waals surface area contributed by atoms with Crippen molar-refractivity contribution in [2.24, 2.45) is 0 Å². The highest BCUT2D eigenvalue weighted by Gasteiger charge is 2.17. The first-order valence-electron chi connectivity index (χ1n) is 10.1. The Balaban J connectivity index is 1.77. The number of hydrogen-bond donors (Lipinski definition) is 1. The first kappa shape index (κ1) is 21.9. The fourth-order valence-electron chi connectivity index (χ4n) is 3.45. The molecule has 0 unspecified atom stereocenters. The third-order valence-corrected chi connectivity index (χ3v) is 5.63. The van der Waals surface area contributed by atoms with E-state index in [4.69, 9.17) is 4.74 Å². The summed E-state index contributed by atoms with van der Waals surface area (Å²) in [6.07, 6.45) is 1.66. The third kappa shape index (κ3) is 5.02. The molecule has 0 saturated heterocycles. The Morgan fingerprint density at radius 3 is 2.57 bits per heavy atom. The van der Waals surface area contributed by atoms with Crippen LogP contribution in [0.2, 0.25) is 0 Å². The van der Waals surface area contributed by atoms with Crippen LogP contribution in [0, 0.1) is 13.8 Å². The fraction of sp³-hybridized carbons (Fsp3) is 0.348. The number of nitrogens with zero attached hydrogens (tertiary/aromatic N) is 2.